The Morgan fingerprint density at radius 1 is 0.969 bits per heavy atom. The number of ether oxygens (including phenoxy) is 3. The average molecular weight is 456 g/mol. The smallest absolute Gasteiger partial charge is 0.290 e. The van der Waals surface area contributed by atoms with Gasteiger partial charge in [0.15, 0.2) is 11.5 Å². The molecule has 0 atom stereocenters. The Balaban J connectivity index is 1.58. The summed E-state index contributed by atoms with van der Waals surface area (Å²) in [5.41, 5.74) is 3.14. The van der Waals surface area contributed by atoms with Gasteiger partial charge in [-0.15, -0.1) is 0 Å². The third-order valence-corrected chi connectivity index (χ3v) is 5.61. The zero-order valence-electron chi connectivity index (χ0n) is 18.9. The quantitative estimate of drug-likeness (QED) is 0.367. The van der Waals surface area contributed by atoms with Crippen LogP contribution < -0.4 is 19.5 Å². The fraction of sp³-hybridized carbons (Fsp3) is 0.360. The van der Waals surface area contributed by atoms with E-state index >= 15 is 0 Å². The van der Waals surface area contributed by atoms with Crippen LogP contribution in [0.3, 0.4) is 0 Å². The first-order valence-electron chi connectivity index (χ1n) is 10.7. The second kappa shape index (κ2) is 11.1. The first kappa shape index (κ1) is 23.7. The average Bonchev–Trinajstić information content (AvgIpc) is 3.05. The molecule has 1 saturated heterocycles. The van der Waals surface area contributed by atoms with Crippen LogP contribution in [-0.2, 0) is 4.79 Å². The SMILES string of the molecule is CCOc1cc(/C=C2\SC(=O)NC2=O)ccc1OCCCOc1cc(C)ccc1C(C)C. The van der Waals surface area contributed by atoms with Crippen molar-refractivity contribution >= 4 is 29.0 Å². The van der Waals surface area contributed by atoms with E-state index in [1.807, 2.05) is 19.1 Å². The lowest BCUT2D eigenvalue weighted by Gasteiger charge is -2.16. The van der Waals surface area contributed by atoms with E-state index in [4.69, 9.17) is 14.2 Å². The van der Waals surface area contributed by atoms with E-state index in [-0.39, 0.29) is 11.1 Å². The molecule has 170 valence electrons. The number of rotatable bonds is 10. The maximum atomic E-state index is 11.8. The molecule has 0 bridgehead atoms. The van der Waals surface area contributed by atoms with Crippen LogP contribution in [0.25, 0.3) is 6.08 Å². The molecule has 0 aromatic heterocycles. The van der Waals surface area contributed by atoms with Crippen molar-refractivity contribution in [2.24, 2.45) is 0 Å². The number of thioether (sulfide) groups is 1. The minimum Gasteiger partial charge on any atom is -0.493 e. The number of nitrogens with one attached hydrogen (secondary N) is 1. The molecular formula is C25H29NO5S. The molecule has 2 amide bonds. The Labute approximate surface area is 193 Å². The molecule has 0 saturated carbocycles. The lowest BCUT2D eigenvalue weighted by molar-refractivity contribution is -0.115. The number of hydrogen-bond donors (Lipinski definition) is 1. The third kappa shape index (κ3) is 6.29. The van der Waals surface area contributed by atoms with Gasteiger partial charge in [-0.2, -0.15) is 0 Å². The monoisotopic (exact) mass is 455 g/mol. The van der Waals surface area contributed by atoms with Gasteiger partial charge < -0.3 is 14.2 Å². The van der Waals surface area contributed by atoms with Crippen LogP contribution in [0.1, 0.15) is 49.8 Å². The maximum Gasteiger partial charge on any atom is 0.290 e. The topological polar surface area (TPSA) is 73.9 Å². The summed E-state index contributed by atoms with van der Waals surface area (Å²) in [5.74, 6) is 2.17. The van der Waals surface area contributed by atoms with Gasteiger partial charge in [0.1, 0.15) is 5.75 Å². The third-order valence-electron chi connectivity index (χ3n) is 4.80. The molecule has 2 aromatic rings. The molecule has 1 aliphatic heterocycles. The number of hydrogen-bond acceptors (Lipinski definition) is 6. The number of benzene rings is 2. The van der Waals surface area contributed by atoms with Gasteiger partial charge in [0.2, 0.25) is 0 Å². The largest absolute Gasteiger partial charge is 0.493 e. The molecule has 1 heterocycles. The van der Waals surface area contributed by atoms with Gasteiger partial charge in [-0.3, -0.25) is 14.9 Å². The van der Waals surface area contributed by atoms with Gasteiger partial charge >= 0.3 is 0 Å². The van der Waals surface area contributed by atoms with E-state index in [1.165, 1.54) is 11.1 Å². The lowest BCUT2D eigenvalue weighted by Crippen LogP contribution is -2.17. The fourth-order valence-electron chi connectivity index (χ4n) is 3.24. The first-order valence-corrected chi connectivity index (χ1v) is 11.6. The van der Waals surface area contributed by atoms with Crippen LogP contribution in [0.4, 0.5) is 4.79 Å². The van der Waals surface area contributed by atoms with Gasteiger partial charge in [0.25, 0.3) is 11.1 Å². The molecular weight excluding hydrogens is 426 g/mol. The zero-order valence-corrected chi connectivity index (χ0v) is 19.7. The van der Waals surface area contributed by atoms with Crippen molar-refractivity contribution in [2.75, 3.05) is 19.8 Å². The van der Waals surface area contributed by atoms with Crippen LogP contribution in [0.15, 0.2) is 41.3 Å². The summed E-state index contributed by atoms with van der Waals surface area (Å²) in [6, 6.07) is 11.8. The van der Waals surface area contributed by atoms with Gasteiger partial charge in [0, 0.05) is 6.42 Å². The Morgan fingerprint density at radius 2 is 1.72 bits per heavy atom. The Bertz CT molecular complexity index is 1020. The normalized spacial score (nSPS) is 14.7. The molecule has 0 spiro atoms. The molecule has 0 aliphatic carbocycles. The Morgan fingerprint density at radius 3 is 2.38 bits per heavy atom. The van der Waals surface area contributed by atoms with Crippen LogP contribution in [-0.4, -0.2) is 31.0 Å². The summed E-state index contributed by atoms with van der Waals surface area (Å²) in [6.07, 6.45) is 2.39. The number of imide groups is 1. The molecule has 1 aliphatic rings. The van der Waals surface area contributed by atoms with Gasteiger partial charge in [0.05, 0.1) is 24.7 Å². The lowest BCUT2D eigenvalue weighted by atomic mass is 10.0. The summed E-state index contributed by atoms with van der Waals surface area (Å²) in [7, 11) is 0. The van der Waals surface area contributed by atoms with E-state index in [1.54, 1.807) is 12.1 Å². The second-order valence-electron chi connectivity index (χ2n) is 7.74. The van der Waals surface area contributed by atoms with Crippen LogP contribution in [0.5, 0.6) is 17.2 Å². The van der Waals surface area contributed by atoms with Crippen LogP contribution in [0, 0.1) is 6.92 Å². The van der Waals surface area contributed by atoms with Crippen molar-refractivity contribution in [1.29, 1.82) is 0 Å². The molecule has 6 nitrogen and oxygen atoms in total. The minimum atomic E-state index is -0.382. The van der Waals surface area contributed by atoms with E-state index < -0.39 is 0 Å². The molecule has 7 heteroatoms. The highest BCUT2D eigenvalue weighted by atomic mass is 32.2. The molecule has 3 rings (SSSR count). The maximum absolute atomic E-state index is 11.8. The van der Waals surface area contributed by atoms with Gasteiger partial charge in [-0.1, -0.05) is 32.0 Å². The zero-order chi connectivity index (χ0) is 23.1. The van der Waals surface area contributed by atoms with E-state index in [9.17, 15) is 9.59 Å². The highest BCUT2D eigenvalue weighted by Gasteiger charge is 2.25. The van der Waals surface area contributed by atoms with Crippen molar-refractivity contribution in [3.05, 3.63) is 58.0 Å². The summed E-state index contributed by atoms with van der Waals surface area (Å²) >= 11 is 0.888. The van der Waals surface area contributed by atoms with Gasteiger partial charge in [-0.05, 0) is 72.5 Å². The van der Waals surface area contributed by atoms with E-state index in [2.05, 4.69) is 44.3 Å². The van der Waals surface area contributed by atoms with Gasteiger partial charge in [-0.25, -0.2) is 0 Å². The predicted molar refractivity (Wildman–Crippen MR) is 128 cm³/mol. The molecule has 1 N–H and O–H groups in total. The number of carbonyl (C=O) groups is 2. The number of aryl methyl sites for hydroxylation is 1. The van der Waals surface area contributed by atoms with E-state index in [0.717, 1.165) is 29.5 Å². The van der Waals surface area contributed by atoms with Crippen molar-refractivity contribution in [3.8, 4) is 17.2 Å². The predicted octanol–water partition coefficient (Wildman–Crippen LogP) is 5.69. The standard InChI is InChI=1S/C25H29NO5S/c1-5-29-22-14-18(15-23-24(27)26-25(28)32-23)8-10-20(22)30-11-6-12-31-21-13-17(4)7-9-19(21)16(2)3/h7-10,13-16H,5-6,11-12H2,1-4H3,(H,26,27,28)/b23-15-. The molecule has 0 unspecified atom stereocenters. The Hall–Kier alpha value is -2.93. The van der Waals surface area contributed by atoms with Crippen molar-refractivity contribution in [1.82, 2.24) is 5.32 Å². The van der Waals surface area contributed by atoms with E-state index in [0.29, 0.717) is 42.1 Å². The van der Waals surface area contributed by atoms with Crippen LogP contribution >= 0.6 is 11.8 Å². The number of carbonyl (C=O) groups excluding carboxylic acids is 2. The minimum absolute atomic E-state index is 0.361. The summed E-state index contributed by atoms with van der Waals surface area (Å²) < 4.78 is 17.7. The fourth-order valence-corrected chi connectivity index (χ4v) is 3.92. The molecule has 1 fully saturated rings. The highest BCUT2D eigenvalue weighted by molar-refractivity contribution is 8.18. The van der Waals surface area contributed by atoms with Crippen molar-refractivity contribution < 1.29 is 23.8 Å². The van der Waals surface area contributed by atoms with Crippen molar-refractivity contribution in [2.45, 2.75) is 40.0 Å². The second-order valence-corrected chi connectivity index (χ2v) is 8.75. The number of amides is 2. The summed E-state index contributed by atoms with van der Waals surface area (Å²) in [4.78, 5) is 23.5. The summed E-state index contributed by atoms with van der Waals surface area (Å²) in [5, 5.41) is 1.89. The first-order chi connectivity index (χ1) is 15.4. The Kier molecular flexibility index (Phi) is 8.22. The molecule has 2 aromatic carbocycles. The summed E-state index contributed by atoms with van der Waals surface area (Å²) in [6.45, 7) is 9.79. The van der Waals surface area contributed by atoms with Crippen LogP contribution in [0.2, 0.25) is 0 Å². The molecule has 0 radical (unpaired) electrons. The highest BCUT2D eigenvalue weighted by Crippen LogP contribution is 2.32. The molecule has 32 heavy (non-hydrogen) atoms. The van der Waals surface area contributed by atoms with Crippen molar-refractivity contribution in [3.63, 3.8) is 0 Å².